The number of likely N-dealkylation sites (tertiary alicyclic amines) is 1. The summed E-state index contributed by atoms with van der Waals surface area (Å²) >= 11 is 0. The van der Waals surface area contributed by atoms with E-state index in [1.165, 1.54) is 38.8 Å². The van der Waals surface area contributed by atoms with Crippen LogP contribution in [0.25, 0.3) is 0 Å². The summed E-state index contributed by atoms with van der Waals surface area (Å²) in [6, 6.07) is 0. The number of hydrogen-bond donors (Lipinski definition) is 3. The van der Waals surface area contributed by atoms with Crippen molar-refractivity contribution in [1.29, 1.82) is 0 Å². The third kappa shape index (κ3) is 8.66. The number of rotatable bonds is 8. The van der Waals surface area contributed by atoms with E-state index in [4.69, 9.17) is 4.74 Å². The number of aliphatic imine (C=N–C) groups is 1. The van der Waals surface area contributed by atoms with Gasteiger partial charge in [-0.25, -0.2) is 0 Å². The summed E-state index contributed by atoms with van der Waals surface area (Å²) in [7, 11) is 0. The second kappa shape index (κ2) is 11.7. The van der Waals surface area contributed by atoms with Gasteiger partial charge < -0.3 is 25.4 Å². The maximum atomic E-state index is 10.7. The zero-order valence-electron chi connectivity index (χ0n) is 16.8. The fourth-order valence-corrected chi connectivity index (χ4v) is 3.57. The number of β-amino-alcohol motifs (C(OH)–C–C–N with tert-alkyl or cyclic N) is 1. The summed E-state index contributed by atoms with van der Waals surface area (Å²) in [4.78, 5) is 9.41. The van der Waals surface area contributed by atoms with E-state index in [0.29, 0.717) is 13.1 Å². The third-order valence-corrected chi connectivity index (χ3v) is 5.01. The molecule has 2 heterocycles. The number of aliphatic hydroxyl groups is 1. The number of guanidine groups is 1. The molecule has 0 aromatic heterocycles. The molecular formula is C19H39N5O2. The predicted molar refractivity (Wildman–Crippen MR) is 107 cm³/mol. The van der Waals surface area contributed by atoms with Crippen LogP contribution in [0.4, 0.5) is 0 Å². The molecule has 2 fully saturated rings. The standard InChI is InChI=1S/C19H39N5O2/c1-3-20-18(21-8-11-23-9-6-4-5-7-10-23)22-16-19(2,25)17-24-12-14-26-15-13-24/h25H,3-17H2,1-2H3,(H2,20,21,22). The average Bonchev–Trinajstić information content (AvgIpc) is 2.89. The second-order valence-electron chi connectivity index (χ2n) is 7.76. The minimum Gasteiger partial charge on any atom is -0.387 e. The molecule has 1 atom stereocenters. The van der Waals surface area contributed by atoms with Gasteiger partial charge in [-0.05, 0) is 39.8 Å². The van der Waals surface area contributed by atoms with Gasteiger partial charge in [0.25, 0.3) is 0 Å². The van der Waals surface area contributed by atoms with Gasteiger partial charge >= 0.3 is 0 Å². The summed E-state index contributed by atoms with van der Waals surface area (Å²) in [5, 5.41) is 17.4. The van der Waals surface area contributed by atoms with Crippen molar-refractivity contribution in [3.05, 3.63) is 0 Å². The molecule has 1 unspecified atom stereocenters. The Morgan fingerprint density at radius 2 is 1.73 bits per heavy atom. The Morgan fingerprint density at radius 3 is 2.38 bits per heavy atom. The van der Waals surface area contributed by atoms with Gasteiger partial charge in [-0.3, -0.25) is 9.89 Å². The van der Waals surface area contributed by atoms with E-state index in [1.54, 1.807) is 0 Å². The molecule has 0 aromatic rings. The summed E-state index contributed by atoms with van der Waals surface area (Å²) in [6.45, 7) is 13.4. The smallest absolute Gasteiger partial charge is 0.191 e. The fraction of sp³-hybridized carbons (Fsp3) is 0.947. The average molecular weight is 370 g/mol. The van der Waals surface area contributed by atoms with E-state index in [0.717, 1.165) is 51.9 Å². The van der Waals surface area contributed by atoms with Crippen LogP contribution in [0.1, 0.15) is 39.5 Å². The van der Waals surface area contributed by atoms with Crippen molar-refractivity contribution in [2.75, 3.05) is 72.1 Å². The van der Waals surface area contributed by atoms with Crippen LogP contribution in [0, 0.1) is 0 Å². The van der Waals surface area contributed by atoms with Crippen LogP contribution in [-0.4, -0.2) is 98.6 Å². The molecule has 0 amide bonds. The first-order chi connectivity index (χ1) is 12.6. The molecule has 0 saturated carbocycles. The van der Waals surface area contributed by atoms with E-state index >= 15 is 0 Å². The van der Waals surface area contributed by atoms with Crippen LogP contribution in [0.3, 0.4) is 0 Å². The first-order valence-corrected chi connectivity index (χ1v) is 10.4. The highest BCUT2D eigenvalue weighted by Crippen LogP contribution is 2.10. The molecule has 7 nitrogen and oxygen atoms in total. The van der Waals surface area contributed by atoms with Gasteiger partial charge in [-0.1, -0.05) is 12.8 Å². The molecule has 2 aliphatic rings. The molecule has 7 heteroatoms. The Labute approximate surface area is 159 Å². The fourth-order valence-electron chi connectivity index (χ4n) is 3.57. The summed E-state index contributed by atoms with van der Waals surface area (Å²) < 4.78 is 5.37. The van der Waals surface area contributed by atoms with E-state index in [-0.39, 0.29) is 0 Å². The Hall–Kier alpha value is -0.890. The van der Waals surface area contributed by atoms with Crippen molar-refractivity contribution in [1.82, 2.24) is 20.4 Å². The van der Waals surface area contributed by atoms with Crippen LogP contribution < -0.4 is 10.6 Å². The SMILES string of the molecule is CCNC(=NCC(C)(O)CN1CCOCC1)NCCN1CCCCCC1. The van der Waals surface area contributed by atoms with Gasteiger partial charge in [0.15, 0.2) is 5.96 Å². The van der Waals surface area contributed by atoms with Crippen molar-refractivity contribution >= 4 is 5.96 Å². The second-order valence-corrected chi connectivity index (χ2v) is 7.76. The molecule has 2 saturated heterocycles. The molecule has 2 rings (SSSR count). The maximum Gasteiger partial charge on any atom is 0.191 e. The quantitative estimate of drug-likeness (QED) is 0.428. The first kappa shape index (κ1) is 21.4. The minimum absolute atomic E-state index is 0.392. The summed E-state index contributed by atoms with van der Waals surface area (Å²) in [6.07, 6.45) is 5.37. The Morgan fingerprint density at radius 1 is 1.04 bits per heavy atom. The summed E-state index contributed by atoms with van der Waals surface area (Å²) in [5.74, 6) is 0.796. The molecule has 0 aliphatic carbocycles. The predicted octanol–water partition coefficient (Wildman–Crippen LogP) is 0.501. The molecule has 2 aliphatic heterocycles. The number of nitrogens with zero attached hydrogens (tertiary/aromatic N) is 3. The molecule has 0 bridgehead atoms. The van der Waals surface area contributed by atoms with Crippen LogP contribution in [0.2, 0.25) is 0 Å². The number of ether oxygens (including phenoxy) is 1. The minimum atomic E-state index is -0.829. The number of hydrogen-bond acceptors (Lipinski definition) is 5. The van der Waals surface area contributed by atoms with Gasteiger partial charge in [0.2, 0.25) is 0 Å². The van der Waals surface area contributed by atoms with Gasteiger partial charge in [-0.2, -0.15) is 0 Å². The zero-order valence-corrected chi connectivity index (χ0v) is 16.8. The van der Waals surface area contributed by atoms with Gasteiger partial charge in [0.1, 0.15) is 0 Å². The highest BCUT2D eigenvalue weighted by Gasteiger charge is 2.25. The molecule has 152 valence electrons. The van der Waals surface area contributed by atoms with Gasteiger partial charge in [0, 0.05) is 39.3 Å². The normalized spacial score (nSPS) is 23.3. The van der Waals surface area contributed by atoms with E-state index in [9.17, 15) is 5.11 Å². The third-order valence-electron chi connectivity index (χ3n) is 5.01. The van der Waals surface area contributed by atoms with Crippen LogP contribution >= 0.6 is 0 Å². The Balaban J connectivity index is 1.74. The Kier molecular flexibility index (Phi) is 9.67. The largest absolute Gasteiger partial charge is 0.387 e. The molecule has 0 spiro atoms. The van der Waals surface area contributed by atoms with Crippen molar-refractivity contribution in [3.8, 4) is 0 Å². The topological polar surface area (TPSA) is 72.4 Å². The Bertz CT molecular complexity index is 403. The highest BCUT2D eigenvalue weighted by atomic mass is 16.5. The first-order valence-electron chi connectivity index (χ1n) is 10.4. The maximum absolute atomic E-state index is 10.7. The van der Waals surface area contributed by atoms with Gasteiger partial charge in [-0.15, -0.1) is 0 Å². The number of morpholine rings is 1. The van der Waals surface area contributed by atoms with Crippen molar-refractivity contribution in [2.24, 2.45) is 4.99 Å². The zero-order chi connectivity index (χ0) is 18.7. The lowest BCUT2D eigenvalue weighted by Crippen LogP contribution is -2.48. The van der Waals surface area contributed by atoms with Crippen LogP contribution in [0.15, 0.2) is 4.99 Å². The molecule has 3 N–H and O–H groups in total. The number of nitrogens with one attached hydrogen (secondary N) is 2. The van der Waals surface area contributed by atoms with Crippen molar-refractivity contribution in [3.63, 3.8) is 0 Å². The van der Waals surface area contributed by atoms with E-state index < -0.39 is 5.60 Å². The monoisotopic (exact) mass is 369 g/mol. The van der Waals surface area contributed by atoms with E-state index in [2.05, 4.69) is 32.3 Å². The molecule has 0 radical (unpaired) electrons. The lowest BCUT2D eigenvalue weighted by atomic mass is 10.1. The van der Waals surface area contributed by atoms with Crippen molar-refractivity contribution < 1.29 is 9.84 Å². The van der Waals surface area contributed by atoms with Crippen LogP contribution in [0.5, 0.6) is 0 Å². The van der Waals surface area contributed by atoms with Crippen LogP contribution in [-0.2, 0) is 4.74 Å². The van der Waals surface area contributed by atoms with E-state index in [1.807, 2.05) is 6.92 Å². The van der Waals surface area contributed by atoms with Gasteiger partial charge in [0.05, 0.1) is 25.4 Å². The molecular weight excluding hydrogens is 330 g/mol. The summed E-state index contributed by atoms with van der Waals surface area (Å²) in [5.41, 5.74) is -0.829. The highest BCUT2D eigenvalue weighted by molar-refractivity contribution is 5.79. The lowest BCUT2D eigenvalue weighted by Gasteiger charge is -2.33. The van der Waals surface area contributed by atoms with Crippen molar-refractivity contribution in [2.45, 2.75) is 45.1 Å². The lowest BCUT2D eigenvalue weighted by molar-refractivity contribution is -0.0179. The molecule has 26 heavy (non-hydrogen) atoms. The molecule has 0 aromatic carbocycles.